The van der Waals surface area contributed by atoms with Crippen LogP contribution in [0.1, 0.15) is 46.0 Å². The fourth-order valence-corrected chi connectivity index (χ4v) is 2.68. The Morgan fingerprint density at radius 3 is 2.71 bits per heavy atom. The lowest BCUT2D eigenvalue weighted by Crippen LogP contribution is -2.22. The highest BCUT2D eigenvalue weighted by atomic mass is 16.5. The Kier molecular flexibility index (Phi) is 3.45. The lowest BCUT2D eigenvalue weighted by molar-refractivity contribution is 0.0110. The summed E-state index contributed by atoms with van der Waals surface area (Å²) in [5.41, 5.74) is 0. The Hall–Kier alpha value is -0.0800. The van der Waals surface area contributed by atoms with Gasteiger partial charge in [-0.1, -0.05) is 6.92 Å². The van der Waals surface area contributed by atoms with Crippen LogP contribution in [0.15, 0.2) is 0 Å². The zero-order chi connectivity index (χ0) is 9.97. The Morgan fingerprint density at radius 2 is 2.14 bits per heavy atom. The van der Waals surface area contributed by atoms with Crippen LogP contribution in [0, 0.1) is 5.92 Å². The topological polar surface area (TPSA) is 18.5 Å². The van der Waals surface area contributed by atoms with E-state index in [0.717, 1.165) is 6.61 Å². The molecule has 0 radical (unpaired) electrons. The van der Waals surface area contributed by atoms with E-state index in [-0.39, 0.29) is 0 Å². The van der Waals surface area contributed by atoms with Crippen LogP contribution in [0.4, 0.5) is 0 Å². The van der Waals surface area contributed by atoms with E-state index in [1.54, 1.807) is 0 Å². The Bertz CT molecular complexity index is 175. The first kappa shape index (κ1) is 10.4. The zero-order valence-electron chi connectivity index (χ0n) is 9.37. The molecule has 2 rings (SSSR count). The Balaban J connectivity index is 1.73. The molecule has 14 heavy (non-hydrogen) atoms. The molecule has 2 aliphatic heterocycles. The maximum Gasteiger partial charge on any atom is 0.0602 e. The second-order valence-electron chi connectivity index (χ2n) is 4.91. The molecule has 0 bridgehead atoms. The molecule has 2 saturated heterocycles. The van der Waals surface area contributed by atoms with E-state index >= 15 is 0 Å². The summed E-state index contributed by atoms with van der Waals surface area (Å²) in [6, 6.07) is 0. The molecule has 2 nitrogen and oxygen atoms in total. The van der Waals surface area contributed by atoms with E-state index in [0.29, 0.717) is 24.2 Å². The number of rotatable bonds is 3. The van der Waals surface area contributed by atoms with E-state index in [9.17, 15) is 0 Å². The molecular formula is C12H22O2. The molecule has 3 unspecified atom stereocenters. The van der Waals surface area contributed by atoms with Crippen molar-refractivity contribution in [3.05, 3.63) is 0 Å². The monoisotopic (exact) mass is 198 g/mol. The minimum Gasteiger partial charge on any atom is -0.378 e. The lowest BCUT2D eigenvalue weighted by atomic mass is 9.94. The Morgan fingerprint density at radius 1 is 1.29 bits per heavy atom. The molecule has 0 N–H and O–H groups in total. The van der Waals surface area contributed by atoms with Crippen LogP contribution in [0.2, 0.25) is 0 Å². The highest BCUT2D eigenvalue weighted by Crippen LogP contribution is 2.29. The van der Waals surface area contributed by atoms with Crippen LogP contribution in [0.3, 0.4) is 0 Å². The van der Waals surface area contributed by atoms with Crippen molar-refractivity contribution in [2.75, 3.05) is 6.61 Å². The summed E-state index contributed by atoms with van der Waals surface area (Å²) in [7, 11) is 0. The predicted molar refractivity (Wildman–Crippen MR) is 56.3 cm³/mol. The molecular weight excluding hydrogens is 176 g/mol. The third-order valence-electron chi connectivity index (χ3n) is 3.55. The van der Waals surface area contributed by atoms with Crippen molar-refractivity contribution >= 4 is 0 Å². The average molecular weight is 198 g/mol. The number of hydrogen-bond acceptors (Lipinski definition) is 2. The zero-order valence-corrected chi connectivity index (χ0v) is 9.37. The molecule has 0 saturated carbocycles. The second kappa shape index (κ2) is 4.63. The predicted octanol–water partition coefficient (Wildman–Crippen LogP) is 2.76. The fourth-order valence-electron chi connectivity index (χ4n) is 2.68. The third kappa shape index (κ3) is 2.48. The van der Waals surface area contributed by atoms with Crippen LogP contribution in [-0.2, 0) is 9.47 Å². The van der Waals surface area contributed by atoms with Crippen molar-refractivity contribution in [2.45, 2.75) is 64.3 Å². The smallest absolute Gasteiger partial charge is 0.0602 e. The van der Waals surface area contributed by atoms with Crippen molar-refractivity contribution in [3.8, 4) is 0 Å². The van der Waals surface area contributed by atoms with Gasteiger partial charge in [-0.15, -0.1) is 0 Å². The van der Waals surface area contributed by atoms with Crippen LogP contribution >= 0.6 is 0 Å². The maximum absolute atomic E-state index is 5.84. The van der Waals surface area contributed by atoms with Gasteiger partial charge in [-0.05, 0) is 44.9 Å². The van der Waals surface area contributed by atoms with Crippen molar-refractivity contribution in [3.63, 3.8) is 0 Å². The molecule has 82 valence electrons. The lowest BCUT2D eigenvalue weighted by Gasteiger charge is -2.21. The highest BCUT2D eigenvalue weighted by molar-refractivity contribution is 4.78. The molecule has 0 aliphatic carbocycles. The van der Waals surface area contributed by atoms with Gasteiger partial charge >= 0.3 is 0 Å². The molecule has 0 spiro atoms. The van der Waals surface area contributed by atoms with Gasteiger partial charge < -0.3 is 9.47 Å². The molecule has 0 amide bonds. The Labute approximate surface area is 87.0 Å². The van der Waals surface area contributed by atoms with Gasteiger partial charge in [0.2, 0.25) is 0 Å². The van der Waals surface area contributed by atoms with E-state index in [4.69, 9.17) is 9.47 Å². The first-order valence-corrected chi connectivity index (χ1v) is 6.03. The number of hydrogen-bond donors (Lipinski definition) is 0. The molecule has 2 heterocycles. The summed E-state index contributed by atoms with van der Waals surface area (Å²) >= 11 is 0. The van der Waals surface area contributed by atoms with Crippen LogP contribution < -0.4 is 0 Å². The highest BCUT2D eigenvalue weighted by Gasteiger charge is 2.28. The third-order valence-corrected chi connectivity index (χ3v) is 3.55. The summed E-state index contributed by atoms with van der Waals surface area (Å²) in [6.07, 6.45) is 7.67. The molecule has 0 aromatic heterocycles. The van der Waals surface area contributed by atoms with Gasteiger partial charge in [-0.3, -0.25) is 0 Å². The maximum atomic E-state index is 5.84. The fraction of sp³-hybridized carbons (Fsp3) is 1.00. The summed E-state index contributed by atoms with van der Waals surface area (Å²) in [4.78, 5) is 0. The first-order chi connectivity index (χ1) is 6.75. The van der Waals surface area contributed by atoms with Gasteiger partial charge in [0, 0.05) is 6.61 Å². The van der Waals surface area contributed by atoms with Crippen molar-refractivity contribution in [1.29, 1.82) is 0 Å². The van der Waals surface area contributed by atoms with E-state index in [2.05, 4.69) is 13.8 Å². The van der Waals surface area contributed by atoms with E-state index in [1.165, 1.54) is 32.1 Å². The molecule has 4 atom stereocenters. The summed E-state index contributed by atoms with van der Waals surface area (Å²) in [6.45, 7) is 5.45. The van der Waals surface area contributed by atoms with E-state index in [1.807, 2.05) is 0 Å². The van der Waals surface area contributed by atoms with Crippen molar-refractivity contribution < 1.29 is 9.47 Å². The summed E-state index contributed by atoms with van der Waals surface area (Å²) in [5.74, 6) is 0.674. The summed E-state index contributed by atoms with van der Waals surface area (Å²) in [5, 5.41) is 0. The van der Waals surface area contributed by atoms with Crippen molar-refractivity contribution in [1.82, 2.24) is 0 Å². The SMILES string of the molecule is CC(CC1CC[C@@H](C)O1)C1CCCO1. The van der Waals surface area contributed by atoms with Crippen LogP contribution in [0.5, 0.6) is 0 Å². The van der Waals surface area contributed by atoms with Crippen molar-refractivity contribution in [2.24, 2.45) is 5.92 Å². The normalized spacial score (nSPS) is 40.3. The van der Waals surface area contributed by atoms with Gasteiger partial charge in [-0.2, -0.15) is 0 Å². The van der Waals surface area contributed by atoms with E-state index < -0.39 is 0 Å². The van der Waals surface area contributed by atoms with Crippen LogP contribution in [-0.4, -0.2) is 24.9 Å². The standard InChI is InChI=1S/C12H22O2/c1-9(12-4-3-7-13-12)8-11-6-5-10(2)14-11/h9-12H,3-8H2,1-2H3/t9?,10-,11?,12?/m1/s1. The summed E-state index contributed by atoms with van der Waals surface area (Å²) < 4.78 is 11.5. The molecule has 0 aromatic rings. The van der Waals surface area contributed by atoms with Gasteiger partial charge in [0.25, 0.3) is 0 Å². The molecule has 2 heteroatoms. The van der Waals surface area contributed by atoms with Gasteiger partial charge in [-0.25, -0.2) is 0 Å². The number of ether oxygens (including phenoxy) is 2. The molecule has 2 aliphatic rings. The largest absolute Gasteiger partial charge is 0.378 e. The average Bonchev–Trinajstić information content (AvgIpc) is 2.75. The first-order valence-electron chi connectivity index (χ1n) is 6.03. The van der Waals surface area contributed by atoms with Gasteiger partial charge in [0.05, 0.1) is 18.3 Å². The second-order valence-corrected chi connectivity index (χ2v) is 4.91. The van der Waals surface area contributed by atoms with Crippen LogP contribution in [0.25, 0.3) is 0 Å². The minimum absolute atomic E-state index is 0.483. The minimum atomic E-state index is 0.483. The van der Waals surface area contributed by atoms with Gasteiger partial charge in [0.15, 0.2) is 0 Å². The van der Waals surface area contributed by atoms with Gasteiger partial charge in [0.1, 0.15) is 0 Å². The quantitative estimate of drug-likeness (QED) is 0.694. The molecule has 0 aromatic carbocycles. The molecule has 2 fully saturated rings.